The average molecular weight is 339 g/mol. The highest BCUT2D eigenvalue weighted by atomic mass is 19.4. The van der Waals surface area contributed by atoms with Crippen LogP contribution < -0.4 is 0 Å². The highest BCUT2D eigenvalue weighted by molar-refractivity contribution is 5.85. The van der Waals surface area contributed by atoms with E-state index in [9.17, 15) is 18.0 Å². The van der Waals surface area contributed by atoms with E-state index in [0.29, 0.717) is 17.7 Å². The fourth-order valence-corrected chi connectivity index (χ4v) is 2.07. The van der Waals surface area contributed by atoms with Crippen molar-refractivity contribution in [3.05, 3.63) is 47.4 Å². The van der Waals surface area contributed by atoms with Gasteiger partial charge in [-0.3, -0.25) is 0 Å². The van der Waals surface area contributed by atoms with E-state index in [1.165, 1.54) is 16.8 Å². The number of nitrogens with zero attached hydrogens (tertiary/aromatic N) is 3. The van der Waals surface area contributed by atoms with Crippen LogP contribution in [0, 0.1) is 0 Å². The number of halogens is 3. The molecule has 0 atom stereocenters. The van der Waals surface area contributed by atoms with Crippen LogP contribution in [0.4, 0.5) is 13.2 Å². The third kappa shape index (κ3) is 4.43. The molecule has 0 aliphatic carbocycles. The van der Waals surface area contributed by atoms with Crippen molar-refractivity contribution in [2.45, 2.75) is 32.4 Å². The second kappa shape index (κ2) is 7.29. The number of carbonyl (C=O) groups is 1. The standard InChI is InChI=1S/C16H16F3N3O2/c1-2-3-4-13-11(5-8-15(23)24)10-22(21-13)14-7-6-12(9-20-14)16(17,18)19/h5-10H,2-4H2,1H3,(H,23,24). The number of aryl methyl sites for hydroxylation is 1. The molecule has 0 fully saturated rings. The summed E-state index contributed by atoms with van der Waals surface area (Å²) in [7, 11) is 0. The Bertz CT molecular complexity index is 734. The zero-order valence-electron chi connectivity index (χ0n) is 12.9. The maximum atomic E-state index is 12.6. The maximum Gasteiger partial charge on any atom is 0.417 e. The van der Waals surface area contributed by atoms with E-state index in [4.69, 9.17) is 5.11 Å². The minimum Gasteiger partial charge on any atom is -0.478 e. The number of hydrogen-bond acceptors (Lipinski definition) is 3. The zero-order valence-corrected chi connectivity index (χ0v) is 12.9. The third-order valence-electron chi connectivity index (χ3n) is 3.31. The molecule has 0 aliphatic heterocycles. The fourth-order valence-electron chi connectivity index (χ4n) is 2.07. The lowest BCUT2D eigenvalue weighted by atomic mass is 10.1. The number of carboxylic acid groups (broad SMARTS) is 1. The highest BCUT2D eigenvalue weighted by Crippen LogP contribution is 2.28. The van der Waals surface area contributed by atoms with Gasteiger partial charge in [-0.05, 0) is 31.1 Å². The molecule has 0 spiro atoms. The molecule has 128 valence electrons. The Balaban J connectivity index is 2.34. The van der Waals surface area contributed by atoms with Crippen LogP contribution >= 0.6 is 0 Å². The van der Waals surface area contributed by atoms with Crippen molar-refractivity contribution in [2.75, 3.05) is 0 Å². The minimum absolute atomic E-state index is 0.232. The molecule has 2 aromatic rings. The van der Waals surface area contributed by atoms with Gasteiger partial charge >= 0.3 is 12.1 Å². The van der Waals surface area contributed by atoms with Crippen molar-refractivity contribution in [2.24, 2.45) is 0 Å². The van der Waals surface area contributed by atoms with Crippen LogP contribution in [0.15, 0.2) is 30.6 Å². The fraction of sp³-hybridized carbons (Fsp3) is 0.312. The van der Waals surface area contributed by atoms with Gasteiger partial charge in [-0.1, -0.05) is 13.3 Å². The van der Waals surface area contributed by atoms with E-state index in [1.54, 1.807) is 6.20 Å². The first kappa shape index (κ1) is 17.7. The van der Waals surface area contributed by atoms with E-state index < -0.39 is 17.7 Å². The average Bonchev–Trinajstić information content (AvgIpc) is 2.93. The predicted octanol–water partition coefficient (Wildman–Crippen LogP) is 3.73. The molecule has 0 saturated heterocycles. The number of carboxylic acids is 1. The second-order valence-electron chi connectivity index (χ2n) is 5.15. The molecule has 0 aliphatic rings. The van der Waals surface area contributed by atoms with Gasteiger partial charge in [0.15, 0.2) is 5.82 Å². The van der Waals surface area contributed by atoms with Crippen LogP contribution in [-0.4, -0.2) is 25.8 Å². The smallest absolute Gasteiger partial charge is 0.417 e. The Hall–Kier alpha value is -2.64. The van der Waals surface area contributed by atoms with E-state index in [2.05, 4.69) is 10.1 Å². The summed E-state index contributed by atoms with van der Waals surface area (Å²) in [6, 6.07) is 2.16. The van der Waals surface area contributed by atoms with Crippen LogP contribution in [0.3, 0.4) is 0 Å². The molecule has 2 heterocycles. The summed E-state index contributed by atoms with van der Waals surface area (Å²) in [5, 5.41) is 13.1. The molecular formula is C16H16F3N3O2. The molecule has 8 heteroatoms. The summed E-state index contributed by atoms with van der Waals surface area (Å²) < 4.78 is 39.1. The number of aromatic nitrogens is 3. The zero-order chi connectivity index (χ0) is 17.7. The first-order valence-electron chi connectivity index (χ1n) is 7.34. The molecular weight excluding hydrogens is 323 g/mol. The maximum absolute atomic E-state index is 12.6. The number of pyridine rings is 1. The Morgan fingerprint density at radius 3 is 2.67 bits per heavy atom. The van der Waals surface area contributed by atoms with Gasteiger partial charge < -0.3 is 5.11 Å². The Morgan fingerprint density at radius 1 is 1.38 bits per heavy atom. The van der Waals surface area contributed by atoms with Gasteiger partial charge in [0.05, 0.1) is 11.3 Å². The van der Waals surface area contributed by atoms with Gasteiger partial charge in [-0.25, -0.2) is 14.5 Å². The third-order valence-corrected chi connectivity index (χ3v) is 3.31. The number of alkyl halides is 3. The van der Waals surface area contributed by atoms with Gasteiger partial charge in [-0.15, -0.1) is 0 Å². The Morgan fingerprint density at radius 2 is 2.12 bits per heavy atom. The first-order chi connectivity index (χ1) is 11.3. The lowest BCUT2D eigenvalue weighted by Crippen LogP contribution is -2.07. The minimum atomic E-state index is -4.45. The number of hydrogen-bond donors (Lipinski definition) is 1. The number of rotatable bonds is 6. The Kier molecular flexibility index (Phi) is 5.38. The van der Waals surface area contributed by atoms with Crippen LogP contribution in [0.1, 0.15) is 36.6 Å². The van der Waals surface area contributed by atoms with Crippen molar-refractivity contribution >= 4 is 12.0 Å². The molecule has 0 bridgehead atoms. The summed E-state index contributed by atoms with van der Waals surface area (Å²) >= 11 is 0. The SMILES string of the molecule is CCCCc1nn(-c2ccc(C(F)(F)F)cn2)cc1C=CC(=O)O. The van der Waals surface area contributed by atoms with E-state index in [0.717, 1.165) is 31.2 Å². The number of aliphatic carboxylic acids is 1. The normalized spacial score (nSPS) is 12.0. The summed E-state index contributed by atoms with van der Waals surface area (Å²) in [4.78, 5) is 14.5. The molecule has 0 radical (unpaired) electrons. The Labute approximate surface area is 136 Å². The van der Waals surface area contributed by atoms with Crippen LogP contribution in [-0.2, 0) is 17.4 Å². The van der Waals surface area contributed by atoms with Crippen molar-refractivity contribution in [1.29, 1.82) is 0 Å². The molecule has 1 N–H and O–H groups in total. The van der Waals surface area contributed by atoms with Gasteiger partial charge in [0.25, 0.3) is 0 Å². The molecule has 0 amide bonds. The molecule has 2 rings (SSSR count). The topological polar surface area (TPSA) is 68.0 Å². The summed E-state index contributed by atoms with van der Waals surface area (Å²) in [6.45, 7) is 2.02. The van der Waals surface area contributed by atoms with Crippen molar-refractivity contribution in [3.8, 4) is 5.82 Å². The number of unbranched alkanes of at least 4 members (excludes halogenated alkanes) is 1. The lowest BCUT2D eigenvalue weighted by Gasteiger charge is -2.06. The summed E-state index contributed by atoms with van der Waals surface area (Å²) in [6.07, 6.45) is 2.72. The highest BCUT2D eigenvalue weighted by Gasteiger charge is 2.30. The van der Waals surface area contributed by atoms with Gasteiger partial charge in [0.2, 0.25) is 0 Å². The van der Waals surface area contributed by atoms with Crippen LogP contribution in [0.25, 0.3) is 11.9 Å². The molecule has 0 saturated carbocycles. The van der Waals surface area contributed by atoms with Crippen LogP contribution in [0.2, 0.25) is 0 Å². The monoisotopic (exact) mass is 339 g/mol. The summed E-state index contributed by atoms with van der Waals surface area (Å²) in [5.41, 5.74) is 0.444. The quantitative estimate of drug-likeness (QED) is 0.815. The first-order valence-corrected chi connectivity index (χ1v) is 7.34. The largest absolute Gasteiger partial charge is 0.478 e. The van der Waals surface area contributed by atoms with E-state index >= 15 is 0 Å². The molecule has 2 aromatic heterocycles. The summed E-state index contributed by atoms with van der Waals surface area (Å²) in [5.74, 6) is -0.854. The van der Waals surface area contributed by atoms with E-state index in [-0.39, 0.29) is 5.82 Å². The van der Waals surface area contributed by atoms with Gasteiger partial charge in [0, 0.05) is 24.0 Å². The van der Waals surface area contributed by atoms with Crippen molar-refractivity contribution in [3.63, 3.8) is 0 Å². The lowest BCUT2D eigenvalue weighted by molar-refractivity contribution is -0.137. The molecule has 0 unspecified atom stereocenters. The predicted molar refractivity (Wildman–Crippen MR) is 81.6 cm³/mol. The van der Waals surface area contributed by atoms with Gasteiger partial charge in [0.1, 0.15) is 0 Å². The van der Waals surface area contributed by atoms with Crippen LogP contribution in [0.5, 0.6) is 0 Å². The van der Waals surface area contributed by atoms with E-state index in [1.807, 2.05) is 6.92 Å². The molecule has 5 nitrogen and oxygen atoms in total. The second-order valence-corrected chi connectivity index (χ2v) is 5.15. The molecule has 0 aromatic carbocycles. The molecule has 24 heavy (non-hydrogen) atoms. The van der Waals surface area contributed by atoms with Crippen molar-refractivity contribution < 1.29 is 23.1 Å². The van der Waals surface area contributed by atoms with Gasteiger partial charge in [-0.2, -0.15) is 18.3 Å². The van der Waals surface area contributed by atoms with Crippen molar-refractivity contribution in [1.82, 2.24) is 14.8 Å².